The molecule has 4 nitrogen and oxygen atoms in total. The quantitative estimate of drug-likeness (QED) is 0.760. The van der Waals surface area contributed by atoms with Crippen LogP contribution in [-0.2, 0) is 17.6 Å². The summed E-state index contributed by atoms with van der Waals surface area (Å²) in [5.74, 6) is 0.00931. The molecule has 0 bridgehead atoms. The van der Waals surface area contributed by atoms with Crippen LogP contribution in [0.4, 0.5) is 0 Å². The molecule has 1 heterocycles. The van der Waals surface area contributed by atoms with E-state index < -0.39 is 5.97 Å². The van der Waals surface area contributed by atoms with E-state index in [1.165, 1.54) is 0 Å². The highest BCUT2D eigenvalue weighted by Crippen LogP contribution is 2.17. The highest BCUT2D eigenvalue weighted by molar-refractivity contribution is 6.30. The van der Waals surface area contributed by atoms with Crippen molar-refractivity contribution in [2.24, 2.45) is 0 Å². The number of aromatic amines is 1. The molecule has 2 aromatic carbocycles. The minimum atomic E-state index is -0.838. The van der Waals surface area contributed by atoms with Gasteiger partial charge >= 0.3 is 5.97 Å². The van der Waals surface area contributed by atoms with Gasteiger partial charge in [-0.1, -0.05) is 29.8 Å². The van der Waals surface area contributed by atoms with E-state index in [-0.39, 0.29) is 18.8 Å². The number of rotatable bonds is 4. The van der Waals surface area contributed by atoms with Crippen molar-refractivity contribution in [2.45, 2.75) is 12.8 Å². The zero-order valence-corrected chi connectivity index (χ0v) is 13.1. The van der Waals surface area contributed by atoms with E-state index in [0.717, 1.165) is 28.0 Å². The molecule has 114 valence electrons. The van der Waals surface area contributed by atoms with Gasteiger partial charge in [-0.2, -0.15) is 0 Å². The number of benzene rings is 2. The number of fused-ring (bicyclic) bond motifs is 1. The second-order valence-electron chi connectivity index (χ2n) is 4.91. The van der Waals surface area contributed by atoms with Gasteiger partial charge in [0.05, 0.1) is 17.5 Å². The number of halogens is 2. The minimum Gasteiger partial charge on any atom is -0.481 e. The predicted molar refractivity (Wildman–Crippen MR) is 88.9 cm³/mol. The lowest BCUT2D eigenvalue weighted by molar-refractivity contribution is -0.136. The molecule has 0 aliphatic carbocycles. The number of hydrogen-bond acceptors (Lipinski definition) is 2. The molecule has 0 atom stereocenters. The Balaban J connectivity index is 0.00000176. The van der Waals surface area contributed by atoms with Crippen LogP contribution in [0.15, 0.2) is 42.5 Å². The van der Waals surface area contributed by atoms with E-state index in [0.29, 0.717) is 11.4 Å². The van der Waals surface area contributed by atoms with Gasteiger partial charge in [-0.15, -0.1) is 12.4 Å². The molecule has 2 N–H and O–H groups in total. The number of nitrogens with zero attached hydrogens (tertiary/aromatic N) is 1. The third-order valence-electron chi connectivity index (χ3n) is 3.24. The van der Waals surface area contributed by atoms with Gasteiger partial charge in [-0.3, -0.25) is 4.79 Å². The second-order valence-corrected chi connectivity index (χ2v) is 5.35. The summed E-state index contributed by atoms with van der Waals surface area (Å²) < 4.78 is 0. The first kappa shape index (κ1) is 16.3. The number of H-pyrrole nitrogens is 1. The van der Waals surface area contributed by atoms with Crippen LogP contribution in [0.5, 0.6) is 0 Å². The first-order valence-electron chi connectivity index (χ1n) is 6.54. The lowest BCUT2D eigenvalue weighted by Crippen LogP contribution is -1.99. The summed E-state index contributed by atoms with van der Waals surface area (Å²) in [6.45, 7) is 0. The van der Waals surface area contributed by atoms with Crippen molar-refractivity contribution in [1.29, 1.82) is 0 Å². The first-order valence-corrected chi connectivity index (χ1v) is 6.92. The van der Waals surface area contributed by atoms with Crippen LogP contribution in [-0.4, -0.2) is 21.0 Å². The van der Waals surface area contributed by atoms with E-state index in [2.05, 4.69) is 9.97 Å². The Kier molecular flexibility index (Phi) is 5.06. The summed E-state index contributed by atoms with van der Waals surface area (Å²) in [7, 11) is 0. The van der Waals surface area contributed by atoms with Gasteiger partial charge in [0, 0.05) is 11.4 Å². The molecule has 3 aromatic rings. The fourth-order valence-electron chi connectivity index (χ4n) is 2.27. The zero-order valence-electron chi connectivity index (χ0n) is 11.5. The van der Waals surface area contributed by atoms with E-state index in [4.69, 9.17) is 16.7 Å². The largest absolute Gasteiger partial charge is 0.481 e. The maximum atomic E-state index is 10.7. The summed E-state index contributed by atoms with van der Waals surface area (Å²) in [6.07, 6.45) is 0.696. The van der Waals surface area contributed by atoms with Gasteiger partial charge in [-0.25, -0.2) is 4.98 Å². The maximum absolute atomic E-state index is 10.7. The number of imidazole rings is 1. The second kappa shape index (κ2) is 6.81. The Labute approximate surface area is 138 Å². The van der Waals surface area contributed by atoms with Crippen molar-refractivity contribution in [1.82, 2.24) is 9.97 Å². The summed E-state index contributed by atoms with van der Waals surface area (Å²) in [5.41, 5.74) is 3.58. The predicted octanol–water partition coefficient (Wildman–Crippen LogP) is 3.86. The van der Waals surface area contributed by atoms with Gasteiger partial charge in [0.2, 0.25) is 0 Å². The Morgan fingerprint density at radius 2 is 1.82 bits per heavy atom. The highest BCUT2D eigenvalue weighted by Gasteiger charge is 2.07. The van der Waals surface area contributed by atoms with Crippen molar-refractivity contribution in [3.05, 3.63) is 64.4 Å². The Morgan fingerprint density at radius 1 is 1.14 bits per heavy atom. The smallest absolute Gasteiger partial charge is 0.307 e. The normalized spacial score (nSPS) is 10.4. The lowest BCUT2D eigenvalue weighted by Gasteiger charge is -1.98. The van der Waals surface area contributed by atoms with Crippen molar-refractivity contribution >= 4 is 41.0 Å². The Hall–Kier alpha value is -2.04. The number of aromatic nitrogens is 2. The number of carboxylic acids is 1. The monoisotopic (exact) mass is 336 g/mol. The molecule has 22 heavy (non-hydrogen) atoms. The average molecular weight is 337 g/mol. The molecular weight excluding hydrogens is 323 g/mol. The van der Waals surface area contributed by atoms with Crippen molar-refractivity contribution in [3.8, 4) is 0 Å². The number of hydrogen-bond donors (Lipinski definition) is 2. The van der Waals surface area contributed by atoms with E-state index in [1.807, 2.05) is 36.4 Å². The molecule has 0 aliphatic heterocycles. The van der Waals surface area contributed by atoms with Crippen LogP contribution in [0.2, 0.25) is 5.02 Å². The summed E-state index contributed by atoms with van der Waals surface area (Å²) >= 11 is 5.87. The lowest BCUT2D eigenvalue weighted by atomic mass is 10.1. The first-order chi connectivity index (χ1) is 10.1. The van der Waals surface area contributed by atoms with Crippen LogP contribution in [0.25, 0.3) is 11.0 Å². The number of aliphatic carboxylic acids is 1. The van der Waals surface area contributed by atoms with Crippen molar-refractivity contribution < 1.29 is 9.90 Å². The molecule has 0 saturated carbocycles. The zero-order chi connectivity index (χ0) is 14.8. The van der Waals surface area contributed by atoms with Gasteiger partial charge in [0.25, 0.3) is 0 Å². The van der Waals surface area contributed by atoms with E-state index in [1.54, 1.807) is 6.07 Å². The van der Waals surface area contributed by atoms with E-state index >= 15 is 0 Å². The molecule has 0 spiro atoms. The van der Waals surface area contributed by atoms with E-state index in [9.17, 15) is 4.79 Å². The van der Waals surface area contributed by atoms with Gasteiger partial charge in [0.15, 0.2) is 0 Å². The van der Waals surface area contributed by atoms with Crippen LogP contribution in [0.1, 0.15) is 17.0 Å². The molecule has 0 fully saturated rings. The fourth-order valence-corrected chi connectivity index (χ4v) is 2.40. The summed E-state index contributed by atoms with van der Waals surface area (Å²) in [6, 6.07) is 13.1. The molecule has 1 aromatic heterocycles. The topological polar surface area (TPSA) is 66.0 Å². The van der Waals surface area contributed by atoms with Gasteiger partial charge in [0.1, 0.15) is 5.82 Å². The number of carboxylic acid groups (broad SMARTS) is 1. The maximum Gasteiger partial charge on any atom is 0.307 e. The Morgan fingerprint density at radius 3 is 2.50 bits per heavy atom. The third kappa shape index (κ3) is 3.78. The Bertz CT molecular complexity index is 798. The van der Waals surface area contributed by atoms with Crippen LogP contribution < -0.4 is 0 Å². The molecular formula is C16H14Cl2N2O2. The van der Waals surface area contributed by atoms with Crippen molar-refractivity contribution in [3.63, 3.8) is 0 Å². The van der Waals surface area contributed by atoms with Gasteiger partial charge in [-0.05, 0) is 35.4 Å². The number of carbonyl (C=O) groups is 1. The molecule has 0 unspecified atom stereocenters. The molecule has 0 amide bonds. The van der Waals surface area contributed by atoms with Crippen LogP contribution in [0.3, 0.4) is 0 Å². The average Bonchev–Trinajstić information content (AvgIpc) is 2.82. The molecule has 0 aliphatic rings. The summed E-state index contributed by atoms with van der Waals surface area (Å²) in [4.78, 5) is 18.5. The molecule has 0 saturated heterocycles. The fraction of sp³-hybridized carbons (Fsp3) is 0.125. The molecule has 6 heteroatoms. The highest BCUT2D eigenvalue weighted by atomic mass is 35.5. The van der Waals surface area contributed by atoms with Gasteiger partial charge < -0.3 is 10.1 Å². The SMILES string of the molecule is Cl.O=C(O)Cc1ccc2nc(Cc3ccc(Cl)cc3)[nH]c2c1. The molecule has 0 radical (unpaired) electrons. The van der Waals surface area contributed by atoms with Crippen LogP contribution in [0, 0.1) is 0 Å². The van der Waals surface area contributed by atoms with Crippen LogP contribution >= 0.6 is 24.0 Å². The third-order valence-corrected chi connectivity index (χ3v) is 3.49. The van der Waals surface area contributed by atoms with Crippen molar-refractivity contribution in [2.75, 3.05) is 0 Å². The standard InChI is InChI=1S/C16H13ClN2O2.ClH/c17-12-4-1-10(2-5-12)8-15-18-13-6-3-11(9-16(20)21)7-14(13)19-15;/h1-7H,8-9H2,(H,18,19)(H,20,21);1H. The number of nitrogens with one attached hydrogen (secondary N) is 1. The minimum absolute atomic E-state index is 0. The molecule has 3 rings (SSSR count). The summed E-state index contributed by atoms with van der Waals surface area (Å²) in [5, 5.41) is 9.53.